The van der Waals surface area contributed by atoms with Crippen LogP contribution in [0.1, 0.15) is 18.3 Å². The highest BCUT2D eigenvalue weighted by atomic mass is 32.2. The van der Waals surface area contributed by atoms with E-state index in [-0.39, 0.29) is 0 Å². The van der Waals surface area contributed by atoms with Gasteiger partial charge in [-0.05, 0) is 50.7 Å². The molecular formula is C14H17N3OS. The van der Waals surface area contributed by atoms with Gasteiger partial charge in [-0.3, -0.25) is 0 Å². The molecule has 0 radical (unpaired) electrons. The van der Waals surface area contributed by atoms with Crippen LogP contribution in [0.3, 0.4) is 0 Å². The maximum absolute atomic E-state index is 5.87. The quantitative estimate of drug-likeness (QED) is 0.685. The maximum Gasteiger partial charge on any atom is 0.192 e. The Labute approximate surface area is 117 Å². The van der Waals surface area contributed by atoms with Crippen LogP contribution in [0.15, 0.2) is 34.3 Å². The summed E-state index contributed by atoms with van der Waals surface area (Å²) in [6.07, 6.45) is 0. The van der Waals surface area contributed by atoms with Gasteiger partial charge in [-0.25, -0.2) is 9.97 Å². The molecule has 100 valence electrons. The van der Waals surface area contributed by atoms with E-state index >= 15 is 0 Å². The van der Waals surface area contributed by atoms with Gasteiger partial charge < -0.3 is 10.5 Å². The zero-order chi connectivity index (χ0) is 13.8. The first-order chi connectivity index (χ1) is 9.06. The topological polar surface area (TPSA) is 61.0 Å². The predicted molar refractivity (Wildman–Crippen MR) is 77.7 cm³/mol. The lowest BCUT2D eigenvalue weighted by Gasteiger charge is -2.08. The van der Waals surface area contributed by atoms with Crippen molar-refractivity contribution < 1.29 is 4.74 Å². The van der Waals surface area contributed by atoms with Gasteiger partial charge in [0.25, 0.3) is 0 Å². The van der Waals surface area contributed by atoms with Crippen LogP contribution in [0.4, 0.5) is 5.69 Å². The molecule has 1 heterocycles. The molecule has 0 amide bonds. The molecule has 0 saturated carbocycles. The molecule has 0 aliphatic carbocycles. The number of nitrogens with zero attached hydrogens (tertiary/aromatic N) is 2. The van der Waals surface area contributed by atoms with Gasteiger partial charge in [0.15, 0.2) is 5.16 Å². The number of nitrogen functional groups attached to an aromatic ring is 1. The van der Waals surface area contributed by atoms with Gasteiger partial charge in [0, 0.05) is 28.0 Å². The second kappa shape index (κ2) is 5.93. The number of benzene rings is 1. The molecule has 2 rings (SSSR count). The van der Waals surface area contributed by atoms with Gasteiger partial charge in [-0.15, -0.1) is 0 Å². The summed E-state index contributed by atoms with van der Waals surface area (Å²) in [6, 6.07) is 7.62. The molecule has 0 unspecified atom stereocenters. The van der Waals surface area contributed by atoms with Gasteiger partial charge in [0.2, 0.25) is 0 Å². The summed E-state index contributed by atoms with van der Waals surface area (Å²) < 4.78 is 5.48. The van der Waals surface area contributed by atoms with Crippen molar-refractivity contribution >= 4 is 17.4 Å². The zero-order valence-electron chi connectivity index (χ0n) is 11.3. The van der Waals surface area contributed by atoms with Crippen molar-refractivity contribution in [1.29, 1.82) is 0 Å². The summed E-state index contributed by atoms with van der Waals surface area (Å²) in [4.78, 5) is 9.79. The molecule has 0 fully saturated rings. The van der Waals surface area contributed by atoms with E-state index in [2.05, 4.69) is 9.97 Å². The molecule has 0 bridgehead atoms. The van der Waals surface area contributed by atoms with Crippen LogP contribution in [0.25, 0.3) is 0 Å². The van der Waals surface area contributed by atoms with Crippen molar-refractivity contribution in [3.63, 3.8) is 0 Å². The van der Waals surface area contributed by atoms with E-state index in [1.165, 1.54) is 11.8 Å². The normalized spacial score (nSPS) is 10.5. The highest BCUT2D eigenvalue weighted by molar-refractivity contribution is 7.99. The number of anilines is 1. The molecule has 0 saturated heterocycles. The summed E-state index contributed by atoms with van der Waals surface area (Å²) in [7, 11) is 0. The smallest absolute Gasteiger partial charge is 0.192 e. The molecule has 5 heteroatoms. The van der Waals surface area contributed by atoms with Crippen LogP contribution in [0.5, 0.6) is 5.75 Å². The van der Waals surface area contributed by atoms with E-state index in [4.69, 9.17) is 10.5 Å². The van der Waals surface area contributed by atoms with E-state index in [1.807, 2.05) is 45.0 Å². The molecule has 0 aliphatic heterocycles. The highest BCUT2D eigenvalue weighted by Crippen LogP contribution is 2.30. The molecule has 0 spiro atoms. The van der Waals surface area contributed by atoms with Gasteiger partial charge in [0.1, 0.15) is 5.75 Å². The largest absolute Gasteiger partial charge is 0.494 e. The molecule has 1 aromatic carbocycles. The van der Waals surface area contributed by atoms with E-state index in [0.717, 1.165) is 27.2 Å². The lowest BCUT2D eigenvalue weighted by molar-refractivity contribution is 0.339. The Hall–Kier alpha value is -1.75. The Morgan fingerprint density at radius 3 is 2.42 bits per heavy atom. The Balaban J connectivity index is 2.27. The minimum Gasteiger partial charge on any atom is -0.494 e. The van der Waals surface area contributed by atoms with E-state index in [9.17, 15) is 0 Å². The number of aryl methyl sites for hydroxylation is 2. The van der Waals surface area contributed by atoms with Crippen molar-refractivity contribution in [3.8, 4) is 5.75 Å². The minimum absolute atomic E-state index is 0.619. The van der Waals surface area contributed by atoms with Gasteiger partial charge >= 0.3 is 0 Å². The number of hydrogen-bond acceptors (Lipinski definition) is 5. The Bertz CT molecular complexity index is 567. The fourth-order valence-corrected chi connectivity index (χ4v) is 2.71. The van der Waals surface area contributed by atoms with Gasteiger partial charge in [0.05, 0.1) is 6.61 Å². The fourth-order valence-electron chi connectivity index (χ4n) is 1.75. The average Bonchev–Trinajstić information content (AvgIpc) is 2.26. The van der Waals surface area contributed by atoms with Crippen molar-refractivity contribution in [3.05, 3.63) is 35.7 Å². The third kappa shape index (κ3) is 3.86. The minimum atomic E-state index is 0.619. The predicted octanol–water partition coefficient (Wildman–Crippen LogP) is 3.23. The maximum atomic E-state index is 5.87. The van der Waals surface area contributed by atoms with Crippen molar-refractivity contribution in [2.75, 3.05) is 12.3 Å². The third-order valence-electron chi connectivity index (χ3n) is 2.38. The number of aromatic nitrogens is 2. The van der Waals surface area contributed by atoms with Crippen LogP contribution in [0, 0.1) is 13.8 Å². The summed E-state index contributed by atoms with van der Waals surface area (Å²) in [5.41, 5.74) is 8.47. The van der Waals surface area contributed by atoms with Crippen molar-refractivity contribution in [2.24, 2.45) is 0 Å². The molecule has 19 heavy (non-hydrogen) atoms. The number of nitrogens with two attached hydrogens (primary N) is 1. The standard InChI is InChI=1S/C14H17N3OS/c1-4-18-12-6-11(15)7-13(8-12)19-14-16-9(2)5-10(3)17-14/h5-8H,4,15H2,1-3H3. The van der Waals surface area contributed by atoms with E-state index in [0.29, 0.717) is 12.3 Å². The van der Waals surface area contributed by atoms with Crippen molar-refractivity contribution in [1.82, 2.24) is 9.97 Å². The third-order valence-corrected chi connectivity index (χ3v) is 3.22. The van der Waals surface area contributed by atoms with Crippen LogP contribution in [0.2, 0.25) is 0 Å². The van der Waals surface area contributed by atoms with Crippen LogP contribution >= 0.6 is 11.8 Å². The highest BCUT2D eigenvalue weighted by Gasteiger charge is 2.05. The Morgan fingerprint density at radius 1 is 1.11 bits per heavy atom. The molecule has 1 aromatic heterocycles. The first-order valence-corrected chi connectivity index (χ1v) is 6.92. The first-order valence-electron chi connectivity index (χ1n) is 6.10. The molecule has 0 atom stereocenters. The summed E-state index contributed by atoms with van der Waals surface area (Å²) in [6.45, 7) is 6.49. The van der Waals surface area contributed by atoms with Crippen LogP contribution < -0.4 is 10.5 Å². The molecule has 2 aromatic rings. The number of ether oxygens (including phenoxy) is 1. The molecule has 2 N–H and O–H groups in total. The second-order valence-corrected chi connectivity index (χ2v) is 5.25. The molecular weight excluding hydrogens is 258 g/mol. The first kappa shape index (κ1) is 13.7. The summed E-state index contributed by atoms with van der Waals surface area (Å²) in [5.74, 6) is 0.773. The summed E-state index contributed by atoms with van der Waals surface area (Å²) >= 11 is 1.49. The monoisotopic (exact) mass is 275 g/mol. The number of rotatable bonds is 4. The van der Waals surface area contributed by atoms with Crippen molar-refractivity contribution in [2.45, 2.75) is 30.8 Å². The summed E-state index contributed by atoms with van der Waals surface area (Å²) in [5, 5.41) is 0.727. The SMILES string of the molecule is CCOc1cc(N)cc(Sc2nc(C)cc(C)n2)c1. The fraction of sp³-hybridized carbons (Fsp3) is 0.286. The lowest BCUT2D eigenvalue weighted by Crippen LogP contribution is -1.95. The molecule has 0 aliphatic rings. The average molecular weight is 275 g/mol. The zero-order valence-corrected chi connectivity index (χ0v) is 12.1. The van der Waals surface area contributed by atoms with Gasteiger partial charge in [-0.2, -0.15) is 0 Å². The van der Waals surface area contributed by atoms with Crippen LogP contribution in [-0.4, -0.2) is 16.6 Å². The lowest BCUT2D eigenvalue weighted by atomic mass is 10.3. The Kier molecular flexibility index (Phi) is 4.27. The van der Waals surface area contributed by atoms with E-state index in [1.54, 1.807) is 0 Å². The Morgan fingerprint density at radius 2 is 1.79 bits per heavy atom. The second-order valence-electron chi connectivity index (χ2n) is 4.21. The van der Waals surface area contributed by atoms with Crippen LogP contribution in [-0.2, 0) is 0 Å². The van der Waals surface area contributed by atoms with E-state index < -0.39 is 0 Å². The van der Waals surface area contributed by atoms with Gasteiger partial charge in [-0.1, -0.05) is 0 Å². The molecule has 4 nitrogen and oxygen atoms in total. The number of hydrogen-bond donors (Lipinski definition) is 1.